The molecule has 22 heavy (non-hydrogen) atoms. The van der Waals surface area contributed by atoms with Gasteiger partial charge in [-0.15, -0.1) is 0 Å². The summed E-state index contributed by atoms with van der Waals surface area (Å²) in [5, 5.41) is 4.21. The van der Waals surface area contributed by atoms with E-state index in [9.17, 15) is 9.59 Å². The van der Waals surface area contributed by atoms with Gasteiger partial charge in [-0.25, -0.2) is 9.48 Å². The Morgan fingerprint density at radius 3 is 2.41 bits per heavy atom. The fraction of sp³-hybridized carbons (Fsp3) is 0.312. The molecule has 0 amide bonds. The van der Waals surface area contributed by atoms with Gasteiger partial charge in [-0.2, -0.15) is 5.10 Å². The molecule has 0 aliphatic heterocycles. The minimum absolute atomic E-state index is 0.0448. The molecule has 0 atom stereocenters. The third kappa shape index (κ3) is 3.52. The molecule has 0 bridgehead atoms. The predicted molar refractivity (Wildman–Crippen MR) is 79.9 cm³/mol. The van der Waals surface area contributed by atoms with E-state index in [0.29, 0.717) is 5.69 Å². The Morgan fingerprint density at radius 1 is 1.09 bits per heavy atom. The Labute approximate surface area is 128 Å². The van der Waals surface area contributed by atoms with E-state index in [0.717, 1.165) is 5.69 Å². The second-order valence-electron chi connectivity index (χ2n) is 4.45. The van der Waals surface area contributed by atoms with Crippen LogP contribution in [0.4, 0.5) is 0 Å². The zero-order chi connectivity index (χ0) is 15.9. The lowest BCUT2D eigenvalue weighted by Crippen LogP contribution is -2.15. The minimum Gasteiger partial charge on any atom is -0.466 e. The molecule has 6 nitrogen and oxygen atoms in total. The Bertz CT molecular complexity index is 649. The minimum atomic E-state index is -0.496. The number of hydrogen-bond donors (Lipinski definition) is 0. The quantitative estimate of drug-likeness (QED) is 0.765. The van der Waals surface area contributed by atoms with Crippen LogP contribution in [0.3, 0.4) is 0 Å². The zero-order valence-corrected chi connectivity index (χ0v) is 12.6. The van der Waals surface area contributed by atoms with Crippen molar-refractivity contribution in [1.82, 2.24) is 9.78 Å². The lowest BCUT2D eigenvalue weighted by atomic mass is 10.2. The van der Waals surface area contributed by atoms with E-state index in [1.807, 2.05) is 30.3 Å². The molecule has 0 saturated heterocycles. The lowest BCUT2D eigenvalue weighted by molar-refractivity contribution is -0.142. The summed E-state index contributed by atoms with van der Waals surface area (Å²) in [6.07, 6.45) is 1.37. The summed E-state index contributed by atoms with van der Waals surface area (Å²) in [7, 11) is 0. The highest BCUT2D eigenvalue weighted by Gasteiger charge is 2.22. The Balaban J connectivity index is 2.41. The third-order valence-electron chi connectivity index (χ3n) is 2.98. The number of esters is 2. The molecule has 0 N–H and O–H groups in total. The predicted octanol–water partition coefficient (Wildman–Crippen LogP) is 2.15. The highest BCUT2D eigenvalue weighted by molar-refractivity contribution is 5.92. The first-order valence-electron chi connectivity index (χ1n) is 7.12. The Morgan fingerprint density at radius 2 is 1.77 bits per heavy atom. The van der Waals surface area contributed by atoms with Gasteiger partial charge in [-0.1, -0.05) is 18.2 Å². The number of para-hydroxylation sites is 1. The average Bonchev–Trinajstić information content (AvgIpc) is 2.92. The maximum atomic E-state index is 12.0. The van der Waals surface area contributed by atoms with Crippen molar-refractivity contribution in [2.45, 2.75) is 20.3 Å². The fourth-order valence-electron chi connectivity index (χ4n) is 2.06. The molecule has 1 aromatic heterocycles. The molecule has 116 valence electrons. The monoisotopic (exact) mass is 302 g/mol. The number of nitrogens with zero attached hydrogens (tertiary/aromatic N) is 2. The summed E-state index contributed by atoms with van der Waals surface area (Å²) in [6.45, 7) is 4.00. The van der Waals surface area contributed by atoms with Crippen molar-refractivity contribution in [2.24, 2.45) is 0 Å². The van der Waals surface area contributed by atoms with Crippen LogP contribution in [0.1, 0.15) is 29.9 Å². The molecule has 1 heterocycles. The molecular weight excluding hydrogens is 284 g/mol. The number of carbonyl (C=O) groups excluding carboxylic acids is 2. The van der Waals surface area contributed by atoms with E-state index >= 15 is 0 Å². The maximum Gasteiger partial charge on any atom is 0.341 e. The number of ether oxygens (including phenoxy) is 2. The van der Waals surface area contributed by atoms with Gasteiger partial charge in [0.15, 0.2) is 0 Å². The van der Waals surface area contributed by atoms with E-state index < -0.39 is 11.9 Å². The van der Waals surface area contributed by atoms with Crippen LogP contribution in [0, 0.1) is 0 Å². The molecule has 0 aliphatic carbocycles. The zero-order valence-electron chi connectivity index (χ0n) is 12.6. The summed E-state index contributed by atoms with van der Waals surface area (Å²) in [5.41, 5.74) is 1.50. The summed E-state index contributed by atoms with van der Waals surface area (Å²) in [5.74, 6) is -0.908. The first-order valence-corrected chi connectivity index (χ1v) is 7.12. The topological polar surface area (TPSA) is 70.4 Å². The average molecular weight is 302 g/mol. The molecule has 1 aromatic carbocycles. The number of carbonyl (C=O) groups is 2. The highest BCUT2D eigenvalue weighted by atomic mass is 16.5. The van der Waals surface area contributed by atoms with Crippen molar-refractivity contribution < 1.29 is 19.1 Å². The molecule has 0 aliphatic rings. The van der Waals surface area contributed by atoms with Crippen LogP contribution in [0.5, 0.6) is 0 Å². The molecule has 6 heteroatoms. The molecule has 0 fully saturated rings. The van der Waals surface area contributed by atoms with E-state index in [4.69, 9.17) is 9.47 Å². The normalized spacial score (nSPS) is 10.3. The number of benzene rings is 1. The summed E-state index contributed by atoms with van der Waals surface area (Å²) < 4.78 is 11.5. The van der Waals surface area contributed by atoms with Gasteiger partial charge in [0, 0.05) is 0 Å². The van der Waals surface area contributed by atoms with Crippen LogP contribution in [0.25, 0.3) is 5.69 Å². The maximum absolute atomic E-state index is 12.0. The largest absolute Gasteiger partial charge is 0.466 e. The molecule has 2 aromatic rings. The van der Waals surface area contributed by atoms with Gasteiger partial charge in [0.05, 0.1) is 37.2 Å². The van der Waals surface area contributed by atoms with Crippen LogP contribution in [-0.2, 0) is 20.7 Å². The standard InChI is InChI=1S/C16H18N2O4/c1-3-21-15(19)10-14-13(16(20)22-4-2)11-17-18(14)12-8-6-5-7-9-12/h5-9,11H,3-4,10H2,1-2H3. The van der Waals surface area contributed by atoms with Crippen LogP contribution < -0.4 is 0 Å². The van der Waals surface area contributed by atoms with Gasteiger partial charge in [-0.3, -0.25) is 4.79 Å². The Kier molecular flexibility index (Phi) is 5.30. The van der Waals surface area contributed by atoms with Crippen molar-refractivity contribution in [3.05, 3.63) is 47.8 Å². The SMILES string of the molecule is CCOC(=O)Cc1c(C(=O)OCC)cnn1-c1ccccc1. The van der Waals surface area contributed by atoms with Gasteiger partial charge in [0.2, 0.25) is 0 Å². The van der Waals surface area contributed by atoms with E-state index in [1.165, 1.54) is 6.20 Å². The van der Waals surface area contributed by atoms with E-state index in [1.54, 1.807) is 18.5 Å². The van der Waals surface area contributed by atoms with Crippen LogP contribution >= 0.6 is 0 Å². The summed E-state index contributed by atoms with van der Waals surface area (Å²) in [4.78, 5) is 23.8. The van der Waals surface area contributed by atoms with Crippen LogP contribution in [0.2, 0.25) is 0 Å². The van der Waals surface area contributed by atoms with Crippen molar-refractivity contribution in [1.29, 1.82) is 0 Å². The van der Waals surface area contributed by atoms with E-state index in [2.05, 4.69) is 5.10 Å². The second kappa shape index (κ2) is 7.40. The molecule has 0 spiro atoms. The number of rotatable bonds is 6. The first-order chi connectivity index (χ1) is 10.7. The molecule has 0 saturated carbocycles. The Hall–Kier alpha value is -2.63. The van der Waals surface area contributed by atoms with Gasteiger partial charge >= 0.3 is 11.9 Å². The molecular formula is C16H18N2O4. The molecule has 2 rings (SSSR count). The number of hydrogen-bond acceptors (Lipinski definition) is 5. The van der Waals surface area contributed by atoms with Crippen LogP contribution in [-0.4, -0.2) is 34.9 Å². The van der Waals surface area contributed by atoms with Gasteiger partial charge in [0.1, 0.15) is 5.56 Å². The second-order valence-corrected chi connectivity index (χ2v) is 4.45. The smallest absolute Gasteiger partial charge is 0.341 e. The van der Waals surface area contributed by atoms with Crippen LogP contribution in [0.15, 0.2) is 36.5 Å². The van der Waals surface area contributed by atoms with Crippen molar-refractivity contribution >= 4 is 11.9 Å². The number of aromatic nitrogens is 2. The van der Waals surface area contributed by atoms with Gasteiger partial charge in [-0.05, 0) is 26.0 Å². The third-order valence-corrected chi connectivity index (χ3v) is 2.98. The lowest BCUT2D eigenvalue weighted by Gasteiger charge is -2.09. The first kappa shape index (κ1) is 15.8. The summed E-state index contributed by atoms with van der Waals surface area (Å²) >= 11 is 0. The van der Waals surface area contributed by atoms with E-state index in [-0.39, 0.29) is 25.2 Å². The van der Waals surface area contributed by atoms with Crippen molar-refractivity contribution in [2.75, 3.05) is 13.2 Å². The highest BCUT2D eigenvalue weighted by Crippen LogP contribution is 2.17. The van der Waals surface area contributed by atoms with Crippen molar-refractivity contribution in [3.63, 3.8) is 0 Å². The van der Waals surface area contributed by atoms with Gasteiger partial charge < -0.3 is 9.47 Å². The summed E-state index contributed by atoms with van der Waals surface area (Å²) in [6, 6.07) is 9.28. The van der Waals surface area contributed by atoms with Crippen molar-refractivity contribution in [3.8, 4) is 5.69 Å². The molecule has 0 radical (unpaired) electrons. The van der Waals surface area contributed by atoms with Gasteiger partial charge in [0.25, 0.3) is 0 Å². The molecule has 0 unspecified atom stereocenters. The fourth-order valence-corrected chi connectivity index (χ4v) is 2.06.